The third-order valence-corrected chi connectivity index (χ3v) is 5.03. The van der Waals surface area contributed by atoms with Crippen LogP contribution in [0.2, 0.25) is 0 Å². The number of nitrogens with zero attached hydrogens (tertiary/aromatic N) is 1. The average molecular weight is 282 g/mol. The molecule has 2 rings (SSSR count). The zero-order valence-corrected chi connectivity index (χ0v) is 13.1. The summed E-state index contributed by atoms with van der Waals surface area (Å²) in [5, 5.41) is 13.0. The van der Waals surface area contributed by atoms with Gasteiger partial charge >= 0.3 is 5.97 Å². The minimum Gasteiger partial charge on any atom is -0.481 e. The molecule has 0 aromatic rings. The normalized spacial score (nSPS) is 35.0. The third-order valence-electron chi connectivity index (χ3n) is 5.03. The highest BCUT2D eigenvalue weighted by Gasteiger charge is 2.39. The number of aliphatic carboxylic acids is 1. The predicted octanol–water partition coefficient (Wildman–Crippen LogP) is 2.20. The third kappa shape index (κ3) is 3.95. The molecule has 1 saturated carbocycles. The van der Waals surface area contributed by atoms with Crippen molar-refractivity contribution in [2.24, 2.45) is 17.8 Å². The molecule has 20 heavy (non-hydrogen) atoms. The van der Waals surface area contributed by atoms with Crippen LogP contribution in [0.5, 0.6) is 0 Å². The Morgan fingerprint density at radius 3 is 2.60 bits per heavy atom. The number of rotatable bonds is 6. The van der Waals surface area contributed by atoms with Gasteiger partial charge in [-0.25, -0.2) is 0 Å². The maximum atomic E-state index is 11.4. The molecular formula is C16H30N2O2. The molecule has 4 atom stereocenters. The Kier molecular flexibility index (Phi) is 5.44. The van der Waals surface area contributed by atoms with Gasteiger partial charge in [-0.3, -0.25) is 9.69 Å². The maximum absolute atomic E-state index is 11.4. The summed E-state index contributed by atoms with van der Waals surface area (Å²) in [6.45, 7) is 9.52. The molecule has 0 spiro atoms. The van der Waals surface area contributed by atoms with Gasteiger partial charge in [-0.2, -0.15) is 0 Å². The Bertz CT molecular complexity index is 332. The molecule has 2 aliphatic rings. The van der Waals surface area contributed by atoms with Crippen molar-refractivity contribution in [3.8, 4) is 0 Å². The van der Waals surface area contributed by atoms with Crippen molar-refractivity contribution in [3.63, 3.8) is 0 Å². The fourth-order valence-corrected chi connectivity index (χ4v) is 3.50. The lowest BCUT2D eigenvalue weighted by molar-refractivity contribution is -0.145. The summed E-state index contributed by atoms with van der Waals surface area (Å²) in [4.78, 5) is 13.8. The number of piperidine rings is 1. The molecule has 0 bridgehead atoms. The summed E-state index contributed by atoms with van der Waals surface area (Å²) in [7, 11) is 0. The van der Waals surface area contributed by atoms with Crippen LogP contribution in [0, 0.1) is 17.8 Å². The Morgan fingerprint density at radius 1 is 1.35 bits per heavy atom. The van der Waals surface area contributed by atoms with Crippen molar-refractivity contribution in [2.75, 3.05) is 19.6 Å². The number of carboxylic acid groups (broad SMARTS) is 1. The summed E-state index contributed by atoms with van der Waals surface area (Å²) >= 11 is 0. The number of hydrogen-bond donors (Lipinski definition) is 2. The van der Waals surface area contributed by atoms with Crippen molar-refractivity contribution in [1.82, 2.24) is 10.2 Å². The first kappa shape index (κ1) is 15.8. The van der Waals surface area contributed by atoms with Crippen LogP contribution in [0.3, 0.4) is 0 Å². The number of likely N-dealkylation sites (tertiary alicyclic amines) is 1. The van der Waals surface area contributed by atoms with E-state index in [4.69, 9.17) is 0 Å². The summed E-state index contributed by atoms with van der Waals surface area (Å²) in [5.41, 5.74) is 0. The van der Waals surface area contributed by atoms with E-state index in [1.165, 1.54) is 12.8 Å². The number of hydrogen-bond acceptors (Lipinski definition) is 3. The molecule has 1 heterocycles. The molecule has 4 nitrogen and oxygen atoms in total. The Morgan fingerprint density at radius 2 is 2.10 bits per heavy atom. The predicted molar refractivity (Wildman–Crippen MR) is 80.7 cm³/mol. The second-order valence-corrected chi connectivity index (χ2v) is 7.18. The summed E-state index contributed by atoms with van der Waals surface area (Å²) < 4.78 is 0. The fourth-order valence-electron chi connectivity index (χ4n) is 3.50. The lowest BCUT2D eigenvalue weighted by Gasteiger charge is -2.48. The van der Waals surface area contributed by atoms with Gasteiger partial charge in [0.1, 0.15) is 0 Å². The zero-order valence-electron chi connectivity index (χ0n) is 13.1. The molecule has 0 aromatic carbocycles. The van der Waals surface area contributed by atoms with Crippen molar-refractivity contribution < 1.29 is 9.90 Å². The lowest BCUT2D eigenvalue weighted by Crippen LogP contribution is -2.57. The van der Waals surface area contributed by atoms with Gasteiger partial charge in [0.2, 0.25) is 0 Å². The smallest absolute Gasteiger partial charge is 0.307 e. The SMILES string of the molecule is CC(C)CCNC1CC(C(=O)O)CN(C2CCC2C)C1. The second-order valence-electron chi connectivity index (χ2n) is 7.18. The molecule has 2 fully saturated rings. The molecule has 0 aromatic heterocycles. The van der Waals surface area contributed by atoms with Crippen LogP contribution in [0.25, 0.3) is 0 Å². The zero-order chi connectivity index (χ0) is 14.7. The molecule has 4 heteroatoms. The Balaban J connectivity index is 1.88. The topological polar surface area (TPSA) is 52.6 Å². The first-order valence-electron chi connectivity index (χ1n) is 8.17. The molecule has 2 N–H and O–H groups in total. The summed E-state index contributed by atoms with van der Waals surface area (Å²) in [6.07, 6.45) is 4.48. The van der Waals surface area contributed by atoms with E-state index in [2.05, 4.69) is 31.0 Å². The van der Waals surface area contributed by atoms with Gasteiger partial charge in [-0.15, -0.1) is 0 Å². The molecule has 0 amide bonds. The largest absolute Gasteiger partial charge is 0.481 e. The van der Waals surface area contributed by atoms with Crippen molar-refractivity contribution in [1.29, 1.82) is 0 Å². The van der Waals surface area contributed by atoms with E-state index in [1.807, 2.05) is 0 Å². The van der Waals surface area contributed by atoms with Gasteiger partial charge in [-0.1, -0.05) is 20.8 Å². The fraction of sp³-hybridized carbons (Fsp3) is 0.938. The van der Waals surface area contributed by atoms with E-state index in [1.54, 1.807) is 0 Å². The van der Waals surface area contributed by atoms with E-state index < -0.39 is 5.97 Å². The van der Waals surface area contributed by atoms with Crippen molar-refractivity contribution in [3.05, 3.63) is 0 Å². The quantitative estimate of drug-likeness (QED) is 0.784. The van der Waals surface area contributed by atoms with Crippen molar-refractivity contribution in [2.45, 2.75) is 58.5 Å². The van der Waals surface area contributed by atoms with Crippen LogP contribution in [0.15, 0.2) is 0 Å². The maximum Gasteiger partial charge on any atom is 0.307 e. The highest BCUT2D eigenvalue weighted by molar-refractivity contribution is 5.70. The molecular weight excluding hydrogens is 252 g/mol. The number of carbonyl (C=O) groups is 1. The van der Waals surface area contributed by atoms with Crippen LogP contribution in [-0.2, 0) is 4.79 Å². The molecule has 0 radical (unpaired) electrons. The summed E-state index contributed by atoms with van der Waals surface area (Å²) in [6, 6.07) is 0.961. The standard InChI is InChI=1S/C16H30N2O2/c1-11(2)6-7-17-14-8-13(16(19)20)9-18(10-14)15-5-4-12(15)3/h11-15,17H,4-10H2,1-3H3,(H,19,20). The van der Waals surface area contributed by atoms with Crippen LogP contribution < -0.4 is 5.32 Å². The monoisotopic (exact) mass is 282 g/mol. The molecule has 116 valence electrons. The van der Waals surface area contributed by atoms with Gasteiger partial charge in [-0.05, 0) is 44.1 Å². The molecule has 1 aliphatic heterocycles. The molecule has 1 saturated heterocycles. The van der Waals surface area contributed by atoms with E-state index in [-0.39, 0.29) is 5.92 Å². The number of carboxylic acids is 1. The number of nitrogens with one attached hydrogen (secondary N) is 1. The Labute approximate surface area is 122 Å². The van der Waals surface area contributed by atoms with Crippen molar-refractivity contribution >= 4 is 5.97 Å². The highest BCUT2D eigenvalue weighted by Crippen LogP contribution is 2.34. The highest BCUT2D eigenvalue weighted by atomic mass is 16.4. The first-order chi connectivity index (χ1) is 9.47. The average Bonchev–Trinajstić information content (AvgIpc) is 2.36. The van der Waals surface area contributed by atoms with Gasteiger partial charge in [0.15, 0.2) is 0 Å². The van der Waals surface area contributed by atoms with Gasteiger partial charge in [0.25, 0.3) is 0 Å². The second kappa shape index (κ2) is 6.90. The van der Waals surface area contributed by atoms with Gasteiger partial charge in [0.05, 0.1) is 5.92 Å². The molecule has 4 unspecified atom stereocenters. The lowest BCUT2D eigenvalue weighted by atomic mass is 9.78. The van der Waals surface area contributed by atoms with Crippen LogP contribution in [0.1, 0.15) is 46.5 Å². The first-order valence-corrected chi connectivity index (χ1v) is 8.17. The Hall–Kier alpha value is -0.610. The molecule has 1 aliphatic carbocycles. The minimum absolute atomic E-state index is 0.201. The van der Waals surface area contributed by atoms with Crippen LogP contribution in [0.4, 0.5) is 0 Å². The van der Waals surface area contributed by atoms with Crippen LogP contribution in [-0.4, -0.2) is 47.7 Å². The van der Waals surface area contributed by atoms with Gasteiger partial charge < -0.3 is 10.4 Å². The van der Waals surface area contributed by atoms with Gasteiger partial charge in [0, 0.05) is 25.2 Å². The van der Waals surface area contributed by atoms with Crippen LogP contribution >= 0.6 is 0 Å². The van der Waals surface area contributed by atoms with E-state index in [9.17, 15) is 9.90 Å². The summed E-state index contributed by atoms with van der Waals surface area (Å²) in [5.74, 6) is 0.605. The van der Waals surface area contributed by atoms with E-state index in [0.717, 1.165) is 38.4 Å². The van der Waals surface area contributed by atoms with E-state index in [0.29, 0.717) is 18.0 Å². The van der Waals surface area contributed by atoms with E-state index >= 15 is 0 Å². The minimum atomic E-state index is -0.627.